The van der Waals surface area contributed by atoms with Crippen molar-refractivity contribution in [1.29, 1.82) is 0 Å². The van der Waals surface area contributed by atoms with Crippen LogP contribution in [-0.2, 0) is 36.9 Å². The van der Waals surface area contributed by atoms with Gasteiger partial charge in [0.15, 0.2) is 0 Å². The number of carbonyl (C=O) groups is 2. The van der Waals surface area contributed by atoms with Gasteiger partial charge in [0.05, 0.1) is 4.90 Å². The second kappa shape index (κ2) is 11.1. The van der Waals surface area contributed by atoms with Crippen molar-refractivity contribution in [2.24, 2.45) is 0 Å². The molecule has 0 spiro atoms. The predicted molar refractivity (Wildman–Crippen MR) is 139 cm³/mol. The molecule has 0 aliphatic heterocycles. The highest BCUT2D eigenvalue weighted by atomic mass is 32.2. The maximum atomic E-state index is 13.8. The van der Waals surface area contributed by atoms with Crippen LogP contribution in [0.4, 0.5) is 0 Å². The first-order chi connectivity index (χ1) is 16.7. The highest BCUT2D eigenvalue weighted by Gasteiger charge is 2.35. The molecule has 6 heteroatoms. The summed E-state index contributed by atoms with van der Waals surface area (Å²) in [5, 5.41) is 0. The van der Waals surface area contributed by atoms with Gasteiger partial charge < -0.3 is 9.59 Å². The van der Waals surface area contributed by atoms with Crippen LogP contribution in [0.3, 0.4) is 0 Å². The number of rotatable bonds is 12. The van der Waals surface area contributed by atoms with Crippen molar-refractivity contribution >= 4 is 22.6 Å². The van der Waals surface area contributed by atoms with E-state index in [4.69, 9.17) is 0 Å². The fourth-order valence-electron chi connectivity index (χ4n) is 4.68. The number of benzene rings is 3. The fraction of sp³-hybridized carbons (Fsp3) is 0.310. The first-order valence-electron chi connectivity index (χ1n) is 11.7. The summed E-state index contributed by atoms with van der Waals surface area (Å²) in [5.74, 6) is 0. The maximum absolute atomic E-state index is 13.8. The molecule has 0 saturated heterocycles. The highest BCUT2D eigenvalue weighted by molar-refractivity contribution is 7.89. The lowest BCUT2D eigenvalue weighted by Gasteiger charge is -2.33. The van der Waals surface area contributed by atoms with E-state index in [-0.39, 0.29) is 24.3 Å². The molecular weight excluding hydrogens is 458 g/mol. The quantitative estimate of drug-likeness (QED) is 0.336. The topological polar surface area (TPSA) is 71.5 Å². The number of sulfonamides is 1. The van der Waals surface area contributed by atoms with Crippen LogP contribution in [0.25, 0.3) is 0 Å². The van der Waals surface area contributed by atoms with Gasteiger partial charge in [-0.25, -0.2) is 12.7 Å². The van der Waals surface area contributed by atoms with Gasteiger partial charge in [0, 0.05) is 37.3 Å². The minimum Gasteiger partial charge on any atom is -0.303 e. The largest absolute Gasteiger partial charge is 0.303 e. The molecule has 5 nitrogen and oxygen atoms in total. The van der Waals surface area contributed by atoms with E-state index >= 15 is 0 Å². The molecule has 0 aliphatic rings. The molecule has 184 valence electrons. The third-order valence-electron chi connectivity index (χ3n) is 6.82. The molecule has 2 unspecified atom stereocenters. The smallest absolute Gasteiger partial charge is 0.243 e. The Morgan fingerprint density at radius 3 is 1.71 bits per heavy atom. The van der Waals surface area contributed by atoms with E-state index in [1.807, 2.05) is 86.6 Å². The number of nitrogens with zero attached hydrogens (tertiary/aromatic N) is 1. The first-order valence-corrected chi connectivity index (χ1v) is 13.1. The van der Waals surface area contributed by atoms with Crippen molar-refractivity contribution in [2.75, 3.05) is 13.6 Å². The van der Waals surface area contributed by atoms with Crippen molar-refractivity contribution < 1.29 is 18.0 Å². The minimum atomic E-state index is -3.87. The van der Waals surface area contributed by atoms with Gasteiger partial charge in [0.25, 0.3) is 0 Å². The third-order valence-corrected chi connectivity index (χ3v) is 8.73. The monoisotopic (exact) mass is 491 g/mol. The Hall–Kier alpha value is -3.09. The molecule has 0 heterocycles. The van der Waals surface area contributed by atoms with Crippen LogP contribution in [0.1, 0.15) is 43.4 Å². The third kappa shape index (κ3) is 5.95. The van der Waals surface area contributed by atoms with E-state index in [2.05, 4.69) is 0 Å². The van der Waals surface area contributed by atoms with E-state index in [1.165, 1.54) is 4.31 Å². The summed E-state index contributed by atoms with van der Waals surface area (Å²) in [6.45, 7) is 4.04. The van der Waals surface area contributed by atoms with Crippen molar-refractivity contribution in [3.05, 3.63) is 102 Å². The molecule has 0 aliphatic carbocycles. The lowest BCUT2D eigenvalue weighted by molar-refractivity contribution is -0.109. The van der Waals surface area contributed by atoms with E-state index in [0.717, 1.165) is 23.7 Å². The molecule has 2 atom stereocenters. The lowest BCUT2D eigenvalue weighted by atomic mass is 9.75. The summed E-state index contributed by atoms with van der Waals surface area (Å²) in [7, 11) is -2.31. The van der Waals surface area contributed by atoms with Gasteiger partial charge in [-0.05, 0) is 29.2 Å². The zero-order valence-electron chi connectivity index (χ0n) is 20.6. The predicted octanol–water partition coefficient (Wildman–Crippen LogP) is 4.94. The molecule has 0 radical (unpaired) electrons. The van der Waals surface area contributed by atoms with Gasteiger partial charge in [-0.3, -0.25) is 0 Å². The Morgan fingerprint density at radius 2 is 1.17 bits per heavy atom. The molecule has 3 aromatic carbocycles. The summed E-state index contributed by atoms with van der Waals surface area (Å²) in [4.78, 5) is 23.3. The highest BCUT2D eigenvalue weighted by Crippen LogP contribution is 2.35. The fourth-order valence-corrected chi connectivity index (χ4v) is 6.19. The van der Waals surface area contributed by atoms with Gasteiger partial charge in [-0.2, -0.15) is 0 Å². The van der Waals surface area contributed by atoms with E-state index in [9.17, 15) is 18.0 Å². The molecule has 0 amide bonds. The zero-order valence-corrected chi connectivity index (χ0v) is 21.4. The van der Waals surface area contributed by atoms with Crippen molar-refractivity contribution in [1.82, 2.24) is 4.31 Å². The van der Waals surface area contributed by atoms with Crippen LogP contribution in [-0.4, -0.2) is 38.9 Å². The van der Waals surface area contributed by atoms with Crippen LogP contribution in [0, 0.1) is 0 Å². The average Bonchev–Trinajstić information content (AvgIpc) is 2.85. The summed E-state index contributed by atoms with van der Waals surface area (Å²) in [6, 6.07) is 26.2. The standard InChI is InChI=1S/C29H33NO4S/c1-28(18-20-31,25-13-6-4-7-14-25)22-24-12-10-11-17-27(24)35(33,34)30(3)23-29(2,19-21-32)26-15-8-5-9-16-26/h4-17,20-21H,18-19,22-23H2,1-3H3. The Bertz CT molecular complexity index is 1240. The Morgan fingerprint density at radius 1 is 0.714 bits per heavy atom. The van der Waals surface area contributed by atoms with Crippen LogP contribution in [0.5, 0.6) is 0 Å². The molecule has 0 bridgehead atoms. The SMILES string of the molecule is CN(CC(C)(CC=O)c1ccccc1)S(=O)(=O)c1ccccc1CC(C)(CC=O)c1ccccc1. The number of hydrogen-bond donors (Lipinski definition) is 0. The molecule has 0 aromatic heterocycles. The number of carbonyl (C=O) groups excluding carboxylic acids is 2. The van der Waals surface area contributed by atoms with Gasteiger partial charge >= 0.3 is 0 Å². The van der Waals surface area contributed by atoms with Crippen LogP contribution >= 0.6 is 0 Å². The van der Waals surface area contributed by atoms with Crippen LogP contribution in [0.15, 0.2) is 89.8 Å². The second-order valence-corrected chi connectivity index (χ2v) is 11.7. The minimum absolute atomic E-state index is 0.150. The Balaban J connectivity index is 1.98. The van der Waals surface area contributed by atoms with Crippen molar-refractivity contribution in [3.63, 3.8) is 0 Å². The summed E-state index contributed by atoms with van der Waals surface area (Å²) < 4.78 is 29.0. The summed E-state index contributed by atoms with van der Waals surface area (Å²) >= 11 is 0. The van der Waals surface area contributed by atoms with E-state index < -0.39 is 20.9 Å². The molecular formula is C29H33NO4S. The molecule has 3 rings (SSSR count). The van der Waals surface area contributed by atoms with Gasteiger partial charge in [0.1, 0.15) is 12.6 Å². The zero-order chi connectivity index (χ0) is 25.5. The number of aldehydes is 2. The Labute approximate surface area is 208 Å². The molecule has 0 fully saturated rings. The lowest BCUT2D eigenvalue weighted by Crippen LogP contribution is -2.40. The molecule has 3 aromatic rings. The van der Waals surface area contributed by atoms with Gasteiger partial charge in [-0.1, -0.05) is 92.7 Å². The Kier molecular flexibility index (Phi) is 8.41. The maximum Gasteiger partial charge on any atom is 0.243 e. The molecule has 35 heavy (non-hydrogen) atoms. The van der Waals surface area contributed by atoms with Crippen molar-refractivity contribution in [2.45, 2.75) is 48.8 Å². The summed E-state index contributed by atoms with van der Waals surface area (Å²) in [6.07, 6.45) is 2.59. The van der Waals surface area contributed by atoms with Crippen LogP contribution in [0.2, 0.25) is 0 Å². The molecule has 0 N–H and O–H groups in total. The van der Waals surface area contributed by atoms with Gasteiger partial charge in [-0.15, -0.1) is 0 Å². The first kappa shape index (κ1) is 26.5. The summed E-state index contributed by atoms with van der Waals surface area (Å²) in [5.41, 5.74) is 1.32. The van der Waals surface area contributed by atoms with Crippen LogP contribution < -0.4 is 0 Å². The average molecular weight is 492 g/mol. The number of likely N-dealkylation sites (N-methyl/N-ethyl adjacent to an activating group) is 1. The van der Waals surface area contributed by atoms with Crippen molar-refractivity contribution in [3.8, 4) is 0 Å². The second-order valence-electron chi connectivity index (χ2n) is 9.64. The van der Waals surface area contributed by atoms with E-state index in [1.54, 1.807) is 19.2 Å². The molecule has 0 saturated carbocycles. The van der Waals surface area contributed by atoms with Gasteiger partial charge in [0.2, 0.25) is 10.0 Å². The van der Waals surface area contributed by atoms with E-state index in [0.29, 0.717) is 12.0 Å². The normalized spacial score (nSPS) is 15.2. The number of hydrogen-bond acceptors (Lipinski definition) is 4.